The quantitative estimate of drug-likeness (QED) is 0.0321. The van der Waals surface area contributed by atoms with E-state index in [4.69, 9.17) is 4.74 Å². The second-order valence-corrected chi connectivity index (χ2v) is 20.4. The molecule has 0 fully saturated rings. The first-order chi connectivity index (χ1) is 32.0. The number of amides is 1. The number of carbonyl (C=O) groups excluding carboxylic acids is 2. The van der Waals surface area contributed by atoms with E-state index in [9.17, 15) is 19.8 Å². The van der Waals surface area contributed by atoms with Gasteiger partial charge in [-0.05, 0) is 51.4 Å². The second-order valence-electron chi connectivity index (χ2n) is 20.4. The summed E-state index contributed by atoms with van der Waals surface area (Å²) >= 11 is 0. The maximum Gasteiger partial charge on any atom is 0.306 e. The Bertz CT molecular complexity index is 986. The lowest BCUT2D eigenvalue weighted by atomic mass is 10.0. The maximum absolute atomic E-state index is 13.3. The fraction of sp³-hybridized carbons (Fsp3) is 0.932. The van der Waals surface area contributed by atoms with Crippen molar-refractivity contribution in [3.05, 3.63) is 12.2 Å². The number of aliphatic hydroxyl groups is 2. The molecule has 0 aromatic rings. The normalized spacial score (nSPS) is 13.1. The molecule has 6 heteroatoms. The van der Waals surface area contributed by atoms with Crippen molar-refractivity contribution in [1.82, 2.24) is 5.32 Å². The minimum absolute atomic E-state index is 0.0748. The summed E-state index contributed by atoms with van der Waals surface area (Å²) in [4.78, 5) is 26.3. The molecule has 0 aliphatic carbocycles. The molecule has 0 bridgehead atoms. The maximum atomic E-state index is 13.3. The summed E-state index contributed by atoms with van der Waals surface area (Å²) in [5.41, 5.74) is 0. The van der Waals surface area contributed by atoms with E-state index in [1.54, 1.807) is 0 Å². The molecular formula is C59H115NO5. The number of esters is 1. The van der Waals surface area contributed by atoms with E-state index in [0.29, 0.717) is 19.3 Å². The SMILES string of the molecule is CCCCCCCCCCC/C=C/CCCCCC(CC(=O)NC(CO)C(O)CCCCCCCCCCCCCCCCC)OC(=O)CCCCCCCCCCCCCCCCC. The average Bonchev–Trinajstić information content (AvgIpc) is 3.30. The van der Waals surface area contributed by atoms with Crippen molar-refractivity contribution in [2.24, 2.45) is 0 Å². The van der Waals surface area contributed by atoms with Crippen LogP contribution in [0.4, 0.5) is 0 Å². The van der Waals surface area contributed by atoms with Crippen LogP contribution in [0.3, 0.4) is 0 Å². The van der Waals surface area contributed by atoms with Gasteiger partial charge in [0.2, 0.25) is 5.91 Å². The fourth-order valence-electron chi connectivity index (χ4n) is 9.37. The number of rotatable bonds is 54. The lowest BCUT2D eigenvalue weighted by molar-refractivity contribution is -0.151. The number of carbonyl (C=O) groups is 2. The van der Waals surface area contributed by atoms with Crippen LogP contribution in [0.2, 0.25) is 0 Å². The van der Waals surface area contributed by atoms with E-state index >= 15 is 0 Å². The smallest absolute Gasteiger partial charge is 0.306 e. The summed E-state index contributed by atoms with van der Waals surface area (Å²) in [5, 5.41) is 23.9. The van der Waals surface area contributed by atoms with Crippen molar-refractivity contribution in [2.75, 3.05) is 6.61 Å². The van der Waals surface area contributed by atoms with Crippen LogP contribution < -0.4 is 5.32 Å². The molecule has 0 heterocycles. The third-order valence-electron chi connectivity index (χ3n) is 13.8. The van der Waals surface area contributed by atoms with Gasteiger partial charge in [-0.3, -0.25) is 9.59 Å². The Kier molecular flexibility index (Phi) is 52.4. The topological polar surface area (TPSA) is 95.9 Å². The molecule has 386 valence electrons. The molecule has 1 amide bonds. The molecule has 0 spiro atoms. The van der Waals surface area contributed by atoms with Crippen LogP contribution in [-0.2, 0) is 14.3 Å². The van der Waals surface area contributed by atoms with Crippen LogP contribution >= 0.6 is 0 Å². The van der Waals surface area contributed by atoms with Crippen LogP contribution in [0.25, 0.3) is 0 Å². The molecule has 3 unspecified atom stereocenters. The van der Waals surface area contributed by atoms with Crippen molar-refractivity contribution in [1.29, 1.82) is 0 Å². The molecule has 3 N–H and O–H groups in total. The van der Waals surface area contributed by atoms with Crippen molar-refractivity contribution in [3.8, 4) is 0 Å². The molecule has 0 aromatic heterocycles. The van der Waals surface area contributed by atoms with Gasteiger partial charge in [-0.15, -0.1) is 0 Å². The molecule has 0 aliphatic rings. The number of unbranched alkanes of at least 4 members (excludes halogenated alkanes) is 40. The zero-order chi connectivity index (χ0) is 47.4. The Hall–Kier alpha value is -1.40. The molecule has 3 atom stereocenters. The standard InChI is InChI=1S/C59H115NO5/c1-4-7-10-13-16-19-22-25-28-31-32-35-38-41-44-47-50-55(65-59(64)52-49-46-43-40-37-34-30-27-24-21-18-15-12-9-6-3)53-58(63)60-56(54-61)57(62)51-48-45-42-39-36-33-29-26-23-20-17-14-11-8-5-2/h32,35,55-57,61-62H,4-31,33-34,36-54H2,1-3H3,(H,60,63)/b35-32+. The average molecular weight is 919 g/mol. The van der Waals surface area contributed by atoms with Gasteiger partial charge in [-0.1, -0.05) is 277 Å². The highest BCUT2D eigenvalue weighted by atomic mass is 16.5. The van der Waals surface area contributed by atoms with Gasteiger partial charge in [-0.2, -0.15) is 0 Å². The lowest BCUT2D eigenvalue weighted by Crippen LogP contribution is -2.46. The number of allylic oxidation sites excluding steroid dienone is 2. The van der Waals surface area contributed by atoms with E-state index in [-0.39, 0.29) is 24.9 Å². The van der Waals surface area contributed by atoms with Crippen molar-refractivity contribution in [2.45, 2.75) is 347 Å². The predicted octanol–water partition coefficient (Wildman–Crippen LogP) is 18.1. The first-order valence-corrected chi connectivity index (χ1v) is 29.4. The van der Waals surface area contributed by atoms with Crippen LogP contribution in [0.1, 0.15) is 329 Å². The number of ether oxygens (including phenoxy) is 1. The number of hydrogen-bond donors (Lipinski definition) is 3. The minimum atomic E-state index is -0.787. The third-order valence-corrected chi connectivity index (χ3v) is 13.8. The van der Waals surface area contributed by atoms with Gasteiger partial charge in [0.1, 0.15) is 6.10 Å². The lowest BCUT2D eigenvalue weighted by Gasteiger charge is -2.24. The first kappa shape index (κ1) is 63.6. The van der Waals surface area contributed by atoms with Crippen molar-refractivity contribution in [3.63, 3.8) is 0 Å². The Balaban J connectivity index is 4.53. The molecule has 0 saturated heterocycles. The Labute approximate surface area is 406 Å². The van der Waals surface area contributed by atoms with E-state index in [1.165, 1.54) is 225 Å². The molecule has 6 nitrogen and oxygen atoms in total. The summed E-state index contributed by atoms with van der Waals surface area (Å²) in [6.45, 7) is 6.53. The van der Waals surface area contributed by atoms with Crippen LogP contribution in [0, 0.1) is 0 Å². The van der Waals surface area contributed by atoms with E-state index in [2.05, 4.69) is 38.2 Å². The Morgan fingerprint density at radius 1 is 0.431 bits per heavy atom. The largest absolute Gasteiger partial charge is 0.462 e. The molecular weight excluding hydrogens is 803 g/mol. The number of hydrogen-bond acceptors (Lipinski definition) is 5. The summed E-state index contributed by atoms with van der Waals surface area (Å²) in [6, 6.07) is -0.701. The molecule has 0 saturated carbocycles. The van der Waals surface area contributed by atoms with E-state index in [1.807, 2.05) is 0 Å². The minimum Gasteiger partial charge on any atom is -0.462 e. The van der Waals surface area contributed by atoms with Gasteiger partial charge in [-0.25, -0.2) is 0 Å². The van der Waals surface area contributed by atoms with Gasteiger partial charge in [0, 0.05) is 6.42 Å². The molecule has 0 rings (SSSR count). The molecule has 0 aliphatic heterocycles. The highest BCUT2D eigenvalue weighted by molar-refractivity contribution is 5.77. The van der Waals surface area contributed by atoms with Gasteiger partial charge in [0.05, 0.1) is 25.2 Å². The summed E-state index contributed by atoms with van der Waals surface area (Å²) in [6.07, 6.45) is 61.3. The fourth-order valence-corrected chi connectivity index (χ4v) is 9.37. The van der Waals surface area contributed by atoms with Crippen LogP contribution in [0.5, 0.6) is 0 Å². The third kappa shape index (κ3) is 48.9. The zero-order valence-electron chi connectivity index (χ0n) is 44.2. The summed E-state index contributed by atoms with van der Waals surface area (Å²) in [5.74, 6) is -0.465. The zero-order valence-corrected chi connectivity index (χ0v) is 44.2. The molecule has 65 heavy (non-hydrogen) atoms. The number of nitrogens with one attached hydrogen (secondary N) is 1. The van der Waals surface area contributed by atoms with Gasteiger partial charge in [0.15, 0.2) is 0 Å². The second kappa shape index (κ2) is 53.6. The summed E-state index contributed by atoms with van der Waals surface area (Å²) in [7, 11) is 0. The molecule has 0 radical (unpaired) electrons. The number of aliphatic hydroxyl groups excluding tert-OH is 2. The Morgan fingerprint density at radius 2 is 0.738 bits per heavy atom. The van der Waals surface area contributed by atoms with Crippen LogP contribution in [0.15, 0.2) is 12.2 Å². The van der Waals surface area contributed by atoms with Crippen molar-refractivity contribution < 1.29 is 24.5 Å². The predicted molar refractivity (Wildman–Crippen MR) is 283 cm³/mol. The van der Waals surface area contributed by atoms with Crippen LogP contribution in [-0.4, -0.2) is 46.9 Å². The summed E-state index contributed by atoms with van der Waals surface area (Å²) < 4.78 is 5.96. The highest BCUT2D eigenvalue weighted by Gasteiger charge is 2.24. The van der Waals surface area contributed by atoms with Crippen molar-refractivity contribution >= 4 is 11.9 Å². The molecule has 0 aromatic carbocycles. The Morgan fingerprint density at radius 3 is 1.11 bits per heavy atom. The highest BCUT2D eigenvalue weighted by Crippen LogP contribution is 2.19. The first-order valence-electron chi connectivity index (χ1n) is 29.4. The monoisotopic (exact) mass is 918 g/mol. The van der Waals surface area contributed by atoms with E-state index in [0.717, 1.165) is 57.8 Å². The van der Waals surface area contributed by atoms with Gasteiger partial charge >= 0.3 is 5.97 Å². The van der Waals surface area contributed by atoms with Gasteiger partial charge < -0.3 is 20.3 Å². The van der Waals surface area contributed by atoms with E-state index < -0.39 is 18.2 Å². The van der Waals surface area contributed by atoms with Gasteiger partial charge in [0.25, 0.3) is 0 Å².